The third kappa shape index (κ3) is 5.39. The van der Waals surface area contributed by atoms with Gasteiger partial charge in [-0.05, 0) is 24.6 Å². The molecule has 0 spiro atoms. The maximum absolute atomic E-state index is 12.7. The Hall–Kier alpha value is -2.21. The van der Waals surface area contributed by atoms with E-state index in [0.717, 1.165) is 35.8 Å². The van der Waals surface area contributed by atoms with E-state index in [4.69, 9.17) is 0 Å². The van der Waals surface area contributed by atoms with Crippen molar-refractivity contribution >= 4 is 29.3 Å². The van der Waals surface area contributed by atoms with Crippen LogP contribution in [0.25, 0.3) is 0 Å². The first kappa shape index (κ1) is 20.1. The average molecular weight is 374 g/mol. The molecule has 1 aliphatic rings. The van der Waals surface area contributed by atoms with Crippen LogP contribution in [0.2, 0.25) is 0 Å². The molecule has 1 saturated heterocycles. The van der Waals surface area contributed by atoms with Crippen LogP contribution >= 0.6 is 11.8 Å². The average Bonchev–Trinajstić information content (AvgIpc) is 2.67. The highest BCUT2D eigenvalue weighted by molar-refractivity contribution is 7.99. The second-order valence-corrected chi connectivity index (χ2v) is 7.39. The Kier molecular flexibility index (Phi) is 7.78. The number of nitrogens with one attached hydrogen (secondary N) is 1. The zero-order valence-electron chi connectivity index (χ0n) is 15.4. The Bertz CT molecular complexity index is 659. The summed E-state index contributed by atoms with van der Waals surface area (Å²) in [5.41, 5.74) is 2.47. The second-order valence-electron chi connectivity index (χ2n) is 6.16. The van der Waals surface area contributed by atoms with Crippen molar-refractivity contribution in [1.29, 1.82) is 0 Å². The molecule has 0 unspecified atom stereocenters. The van der Waals surface area contributed by atoms with Gasteiger partial charge in [0.15, 0.2) is 0 Å². The first-order valence-electron chi connectivity index (χ1n) is 8.78. The van der Waals surface area contributed by atoms with Crippen molar-refractivity contribution in [3.8, 4) is 0 Å². The third-order valence-corrected chi connectivity index (χ3v) is 5.21. The minimum Gasteiger partial charge on any atom is -0.376 e. The largest absolute Gasteiger partial charge is 0.376 e. The molecule has 0 aromatic heterocycles. The Morgan fingerprint density at radius 1 is 1.23 bits per heavy atom. The van der Waals surface area contributed by atoms with E-state index < -0.39 is 0 Å². The topological polar surface area (TPSA) is 52.7 Å². The third-order valence-electron chi connectivity index (χ3n) is 4.26. The molecule has 6 heteroatoms. The molecular formula is C20H27N3O2S. The molecule has 5 nitrogen and oxygen atoms in total. The first-order chi connectivity index (χ1) is 12.6. The van der Waals surface area contributed by atoms with Gasteiger partial charge in [-0.15, -0.1) is 13.2 Å². The molecule has 0 bridgehead atoms. The molecule has 0 saturated carbocycles. The number of anilines is 1. The summed E-state index contributed by atoms with van der Waals surface area (Å²) in [5.74, 6) is 1.99. The number of amides is 2. The van der Waals surface area contributed by atoms with Crippen molar-refractivity contribution in [1.82, 2.24) is 9.80 Å². The van der Waals surface area contributed by atoms with Gasteiger partial charge in [0.2, 0.25) is 5.91 Å². The Labute approximate surface area is 160 Å². The maximum atomic E-state index is 12.7. The van der Waals surface area contributed by atoms with E-state index in [-0.39, 0.29) is 18.4 Å². The van der Waals surface area contributed by atoms with Crippen LogP contribution in [0.15, 0.2) is 43.5 Å². The van der Waals surface area contributed by atoms with Crippen LogP contribution in [-0.4, -0.2) is 65.8 Å². The fourth-order valence-corrected chi connectivity index (χ4v) is 3.67. The van der Waals surface area contributed by atoms with Gasteiger partial charge < -0.3 is 15.1 Å². The molecule has 1 aromatic rings. The lowest BCUT2D eigenvalue weighted by Gasteiger charge is -2.26. The zero-order chi connectivity index (χ0) is 18.9. The van der Waals surface area contributed by atoms with E-state index >= 15 is 0 Å². The van der Waals surface area contributed by atoms with Crippen molar-refractivity contribution in [2.75, 3.05) is 49.5 Å². The minimum atomic E-state index is -0.0333. The Morgan fingerprint density at radius 3 is 2.50 bits per heavy atom. The zero-order valence-corrected chi connectivity index (χ0v) is 16.2. The maximum Gasteiger partial charge on any atom is 0.253 e. The molecule has 0 aliphatic carbocycles. The monoisotopic (exact) mass is 373 g/mol. The molecule has 26 heavy (non-hydrogen) atoms. The number of nitrogens with zero attached hydrogens (tertiary/aromatic N) is 2. The van der Waals surface area contributed by atoms with Gasteiger partial charge in [-0.1, -0.05) is 18.2 Å². The van der Waals surface area contributed by atoms with Gasteiger partial charge in [-0.25, -0.2) is 0 Å². The molecule has 2 amide bonds. The summed E-state index contributed by atoms with van der Waals surface area (Å²) in [6, 6.07) is 5.62. The van der Waals surface area contributed by atoms with Gasteiger partial charge in [-0.3, -0.25) is 9.59 Å². The normalized spacial score (nSPS) is 13.8. The van der Waals surface area contributed by atoms with Crippen LogP contribution < -0.4 is 5.32 Å². The molecule has 140 valence electrons. The van der Waals surface area contributed by atoms with Crippen LogP contribution in [0.1, 0.15) is 15.9 Å². The lowest BCUT2D eigenvalue weighted by atomic mass is 10.1. The van der Waals surface area contributed by atoms with E-state index in [2.05, 4.69) is 18.5 Å². The van der Waals surface area contributed by atoms with Crippen molar-refractivity contribution in [3.63, 3.8) is 0 Å². The van der Waals surface area contributed by atoms with E-state index in [1.807, 2.05) is 41.8 Å². The first-order valence-corrected chi connectivity index (χ1v) is 9.93. The van der Waals surface area contributed by atoms with Gasteiger partial charge in [-0.2, -0.15) is 11.8 Å². The summed E-state index contributed by atoms with van der Waals surface area (Å²) < 4.78 is 0. The molecular weight excluding hydrogens is 346 g/mol. The summed E-state index contributed by atoms with van der Waals surface area (Å²) in [7, 11) is 0. The number of hydrogen-bond donors (Lipinski definition) is 1. The van der Waals surface area contributed by atoms with E-state index in [1.165, 1.54) is 0 Å². The highest BCUT2D eigenvalue weighted by Gasteiger charge is 2.19. The second kappa shape index (κ2) is 10.1. The Morgan fingerprint density at radius 2 is 1.88 bits per heavy atom. The standard InChI is InChI=1S/C20H27N3O2S/c1-4-8-22(9-5-2)19(24)15-21-18-14-17(7-6-16(18)3)20(25)23-10-12-26-13-11-23/h4-7,14,21H,1-2,8-13,15H2,3H3. The van der Waals surface area contributed by atoms with Crippen molar-refractivity contribution in [2.45, 2.75) is 6.92 Å². The minimum absolute atomic E-state index is 0.0333. The fraction of sp³-hybridized carbons (Fsp3) is 0.400. The smallest absolute Gasteiger partial charge is 0.253 e. The highest BCUT2D eigenvalue weighted by Crippen LogP contribution is 2.19. The van der Waals surface area contributed by atoms with E-state index in [0.29, 0.717) is 18.7 Å². The molecule has 1 heterocycles. The number of rotatable bonds is 8. The number of carbonyl (C=O) groups is 2. The summed E-state index contributed by atoms with van der Waals surface area (Å²) in [6.45, 7) is 12.0. The van der Waals surface area contributed by atoms with Crippen LogP contribution in [0.4, 0.5) is 5.69 Å². The highest BCUT2D eigenvalue weighted by atomic mass is 32.2. The molecule has 2 rings (SSSR count). The quantitative estimate of drug-likeness (QED) is 0.712. The number of aryl methyl sites for hydroxylation is 1. The lowest BCUT2D eigenvalue weighted by molar-refractivity contribution is -0.128. The molecule has 1 aromatic carbocycles. The number of hydrogen-bond acceptors (Lipinski definition) is 4. The molecule has 1 aliphatic heterocycles. The number of benzene rings is 1. The molecule has 0 radical (unpaired) electrons. The van der Waals surface area contributed by atoms with Gasteiger partial charge in [0, 0.05) is 48.9 Å². The molecule has 1 fully saturated rings. The molecule has 0 atom stereocenters. The van der Waals surface area contributed by atoms with Crippen LogP contribution in [-0.2, 0) is 4.79 Å². The van der Waals surface area contributed by atoms with Gasteiger partial charge in [0.1, 0.15) is 0 Å². The summed E-state index contributed by atoms with van der Waals surface area (Å²) in [4.78, 5) is 28.6. The lowest BCUT2D eigenvalue weighted by Crippen LogP contribution is -2.38. The van der Waals surface area contributed by atoms with Crippen LogP contribution in [0, 0.1) is 6.92 Å². The van der Waals surface area contributed by atoms with Gasteiger partial charge in [0.25, 0.3) is 5.91 Å². The van der Waals surface area contributed by atoms with Crippen LogP contribution in [0.3, 0.4) is 0 Å². The SMILES string of the molecule is C=CCN(CC=C)C(=O)CNc1cc(C(=O)N2CCSCC2)ccc1C. The predicted octanol–water partition coefficient (Wildman–Crippen LogP) is 2.80. The van der Waals surface area contributed by atoms with Crippen molar-refractivity contribution < 1.29 is 9.59 Å². The Balaban J connectivity index is 2.04. The van der Waals surface area contributed by atoms with E-state index in [1.54, 1.807) is 17.1 Å². The van der Waals surface area contributed by atoms with Crippen LogP contribution in [0.5, 0.6) is 0 Å². The van der Waals surface area contributed by atoms with Gasteiger partial charge >= 0.3 is 0 Å². The number of carbonyl (C=O) groups excluding carboxylic acids is 2. The predicted molar refractivity (Wildman–Crippen MR) is 110 cm³/mol. The number of thioether (sulfide) groups is 1. The van der Waals surface area contributed by atoms with Crippen molar-refractivity contribution in [3.05, 3.63) is 54.6 Å². The van der Waals surface area contributed by atoms with Gasteiger partial charge in [0.05, 0.1) is 6.54 Å². The summed E-state index contributed by atoms with van der Waals surface area (Å²) in [5, 5.41) is 3.17. The summed E-state index contributed by atoms with van der Waals surface area (Å²) in [6.07, 6.45) is 3.39. The van der Waals surface area contributed by atoms with E-state index in [9.17, 15) is 9.59 Å². The van der Waals surface area contributed by atoms with Crippen molar-refractivity contribution in [2.24, 2.45) is 0 Å². The summed E-state index contributed by atoms with van der Waals surface area (Å²) >= 11 is 1.88. The molecule has 1 N–H and O–H groups in total. The fourth-order valence-electron chi connectivity index (χ4n) is 2.77.